The van der Waals surface area contributed by atoms with Crippen molar-refractivity contribution in [1.82, 2.24) is 10.9 Å². The first-order valence-corrected chi connectivity index (χ1v) is 7.75. The molecule has 0 atom stereocenters. The molecule has 0 heterocycles. The standard InChI is InChI=1S/C18H16N4OS/c19-15-10-4-3-9-14(15)17(23)21-22-18(24)20-16-11-5-7-12-6-1-2-8-13(12)16/h1-11H,19H2,(H,21,23)(H2,20,22,24). The molecule has 0 spiro atoms. The number of amides is 1. The van der Waals surface area contributed by atoms with Crippen LogP contribution >= 0.6 is 12.2 Å². The molecule has 120 valence electrons. The SMILES string of the molecule is Nc1ccccc1C(=O)NNC(=S)Nc1cccc2ccccc12. The van der Waals surface area contributed by atoms with E-state index in [4.69, 9.17) is 18.0 Å². The van der Waals surface area contributed by atoms with E-state index in [1.165, 1.54) is 0 Å². The highest BCUT2D eigenvalue weighted by atomic mass is 32.1. The van der Waals surface area contributed by atoms with Gasteiger partial charge in [0.05, 0.1) is 5.56 Å². The number of nitrogen functional groups attached to an aromatic ring is 1. The molecule has 0 unspecified atom stereocenters. The van der Waals surface area contributed by atoms with Gasteiger partial charge in [-0.05, 0) is 35.8 Å². The molecule has 0 saturated carbocycles. The van der Waals surface area contributed by atoms with Crippen molar-refractivity contribution in [2.75, 3.05) is 11.1 Å². The van der Waals surface area contributed by atoms with Gasteiger partial charge in [-0.25, -0.2) is 0 Å². The fraction of sp³-hybridized carbons (Fsp3) is 0. The number of carbonyl (C=O) groups is 1. The molecule has 24 heavy (non-hydrogen) atoms. The fourth-order valence-electron chi connectivity index (χ4n) is 2.37. The van der Waals surface area contributed by atoms with Gasteiger partial charge in [0, 0.05) is 16.8 Å². The molecule has 5 N–H and O–H groups in total. The molecule has 3 aromatic rings. The lowest BCUT2D eigenvalue weighted by molar-refractivity contribution is 0.0945. The predicted molar refractivity (Wildman–Crippen MR) is 102 cm³/mol. The number of carbonyl (C=O) groups excluding carboxylic acids is 1. The Hall–Kier alpha value is -3.12. The Bertz CT molecular complexity index is 905. The maximum absolute atomic E-state index is 12.1. The second kappa shape index (κ2) is 6.97. The monoisotopic (exact) mass is 336 g/mol. The van der Waals surface area contributed by atoms with Gasteiger partial charge >= 0.3 is 0 Å². The number of hydrogen-bond acceptors (Lipinski definition) is 3. The Morgan fingerprint density at radius 3 is 2.42 bits per heavy atom. The van der Waals surface area contributed by atoms with E-state index >= 15 is 0 Å². The number of anilines is 2. The first-order chi connectivity index (χ1) is 11.6. The molecule has 3 aromatic carbocycles. The van der Waals surface area contributed by atoms with E-state index in [9.17, 15) is 4.79 Å². The Morgan fingerprint density at radius 1 is 0.875 bits per heavy atom. The first-order valence-electron chi connectivity index (χ1n) is 7.35. The summed E-state index contributed by atoms with van der Waals surface area (Å²) < 4.78 is 0. The van der Waals surface area contributed by atoms with E-state index in [1.54, 1.807) is 24.3 Å². The molecule has 6 heteroatoms. The molecule has 0 aliphatic rings. The number of nitrogens with two attached hydrogens (primary N) is 1. The average molecular weight is 336 g/mol. The number of nitrogens with one attached hydrogen (secondary N) is 3. The second-order valence-electron chi connectivity index (χ2n) is 5.15. The molecule has 0 aliphatic carbocycles. The third-order valence-corrected chi connectivity index (χ3v) is 3.74. The van der Waals surface area contributed by atoms with Crippen molar-refractivity contribution in [3.8, 4) is 0 Å². The lowest BCUT2D eigenvalue weighted by Gasteiger charge is -2.13. The van der Waals surface area contributed by atoms with Crippen LogP contribution < -0.4 is 21.9 Å². The molecule has 5 nitrogen and oxygen atoms in total. The molecular weight excluding hydrogens is 320 g/mol. The summed E-state index contributed by atoms with van der Waals surface area (Å²) in [6.07, 6.45) is 0. The van der Waals surface area contributed by atoms with E-state index in [1.807, 2.05) is 42.5 Å². The lowest BCUT2D eigenvalue weighted by atomic mass is 10.1. The van der Waals surface area contributed by atoms with E-state index < -0.39 is 0 Å². The van der Waals surface area contributed by atoms with E-state index in [-0.39, 0.29) is 11.0 Å². The Balaban J connectivity index is 1.66. The number of para-hydroxylation sites is 1. The molecule has 0 aromatic heterocycles. The summed E-state index contributed by atoms with van der Waals surface area (Å²) in [5.41, 5.74) is 12.7. The Labute approximate surface area is 144 Å². The fourth-order valence-corrected chi connectivity index (χ4v) is 2.53. The second-order valence-corrected chi connectivity index (χ2v) is 5.56. The molecule has 0 aliphatic heterocycles. The topological polar surface area (TPSA) is 79.2 Å². The number of hydrogen-bond donors (Lipinski definition) is 4. The summed E-state index contributed by atoms with van der Waals surface area (Å²) in [4.78, 5) is 12.1. The average Bonchev–Trinajstić information content (AvgIpc) is 2.60. The van der Waals surface area contributed by atoms with Crippen LogP contribution in [0, 0.1) is 0 Å². The molecule has 0 bridgehead atoms. The third-order valence-electron chi connectivity index (χ3n) is 3.53. The van der Waals surface area contributed by atoms with Crippen LogP contribution in [-0.2, 0) is 0 Å². The van der Waals surface area contributed by atoms with Gasteiger partial charge in [0.1, 0.15) is 0 Å². The minimum atomic E-state index is -0.352. The van der Waals surface area contributed by atoms with Gasteiger partial charge in [-0.15, -0.1) is 0 Å². The van der Waals surface area contributed by atoms with Crippen LogP contribution in [0.3, 0.4) is 0 Å². The maximum Gasteiger partial charge on any atom is 0.271 e. The number of hydrazine groups is 1. The lowest BCUT2D eigenvalue weighted by Crippen LogP contribution is -2.43. The number of benzene rings is 3. The van der Waals surface area contributed by atoms with E-state index in [0.29, 0.717) is 11.3 Å². The maximum atomic E-state index is 12.1. The van der Waals surface area contributed by atoms with Gasteiger partial charge in [0.2, 0.25) is 0 Å². The van der Waals surface area contributed by atoms with Gasteiger partial charge in [0.15, 0.2) is 5.11 Å². The van der Waals surface area contributed by atoms with Crippen molar-refractivity contribution in [3.05, 3.63) is 72.3 Å². The zero-order chi connectivity index (χ0) is 16.9. The molecular formula is C18H16N4OS. The van der Waals surface area contributed by atoms with Crippen LogP contribution in [0.15, 0.2) is 66.7 Å². The van der Waals surface area contributed by atoms with Gasteiger partial charge in [-0.1, -0.05) is 48.5 Å². The van der Waals surface area contributed by atoms with Gasteiger partial charge in [0.25, 0.3) is 5.91 Å². The van der Waals surface area contributed by atoms with Crippen LogP contribution in [0.2, 0.25) is 0 Å². The van der Waals surface area contributed by atoms with Crippen LogP contribution in [0.25, 0.3) is 10.8 Å². The molecule has 0 fully saturated rings. The predicted octanol–water partition coefficient (Wildman–Crippen LogP) is 3.05. The Morgan fingerprint density at radius 2 is 1.58 bits per heavy atom. The van der Waals surface area contributed by atoms with Gasteiger partial charge < -0.3 is 11.1 Å². The van der Waals surface area contributed by atoms with Crippen LogP contribution in [0.5, 0.6) is 0 Å². The van der Waals surface area contributed by atoms with Gasteiger partial charge in [-0.3, -0.25) is 15.6 Å². The van der Waals surface area contributed by atoms with E-state index in [0.717, 1.165) is 16.5 Å². The molecule has 0 radical (unpaired) electrons. The summed E-state index contributed by atoms with van der Waals surface area (Å²) in [6, 6.07) is 20.7. The largest absolute Gasteiger partial charge is 0.398 e. The number of thiocarbonyl (C=S) groups is 1. The number of fused-ring (bicyclic) bond motifs is 1. The van der Waals surface area contributed by atoms with Crippen molar-refractivity contribution in [1.29, 1.82) is 0 Å². The minimum Gasteiger partial charge on any atom is -0.398 e. The van der Waals surface area contributed by atoms with Crippen molar-refractivity contribution in [2.45, 2.75) is 0 Å². The van der Waals surface area contributed by atoms with Crippen molar-refractivity contribution < 1.29 is 4.79 Å². The summed E-state index contributed by atoms with van der Waals surface area (Å²) in [5, 5.41) is 5.51. The van der Waals surface area contributed by atoms with E-state index in [2.05, 4.69) is 16.2 Å². The summed E-state index contributed by atoms with van der Waals surface area (Å²) in [5.74, 6) is -0.352. The smallest absolute Gasteiger partial charge is 0.271 e. The van der Waals surface area contributed by atoms with Crippen LogP contribution in [0.4, 0.5) is 11.4 Å². The Kier molecular flexibility index (Phi) is 4.58. The van der Waals surface area contributed by atoms with Crippen LogP contribution in [0.1, 0.15) is 10.4 Å². The zero-order valence-corrected chi connectivity index (χ0v) is 13.6. The summed E-state index contributed by atoms with van der Waals surface area (Å²) in [6.45, 7) is 0. The quantitative estimate of drug-likeness (QED) is 0.329. The molecule has 3 rings (SSSR count). The highest BCUT2D eigenvalue weighted by molar-refractivity contribution is 7.80. The van der Waals surface area contributed by atoms with Crippen molar-refractivity contribution in [3.63, 3.8) is 0 Å². The first kappa shape index (κ1) is 15.8. The van der Waals surface area contributed by atoms with Gasteiger partial charge in [-0.2, -0.15) is 0 Å². The highest BCUT2D eigenvalue weighted by Crippen LogP contribution is 2.22. The molecule has 1 amide bonds. The normalized spacial score (nSPS) is 10.2. The summed E-state index contributed by atoms with van der Waals surface area (Å²) in [7, 11) is 0. The molecule has 0 saturated heterocycles. The van der Waals surface area contributed by atoms with Crippen molar-refractivity contribution >= 4 is 45.4 Å². The number of rotatable bonds is 2. The zero-order valence-electron chi connectivity index (χ0n) is 12.7. The third kappa shape index (κ3) is 3.44. The highest BCUT2D eigenvalue weighted by Gasteiger charge is 2.09. The summed E-state index contributed by atoms with van der Waals surface area (Å²) >= 11 is 5.23. The van der Waals surface area contributed by atoms with Crippen LogP contribution in [-0.4, -0.2) is 11.0 Å². The minimum absolute atomic E-state index is 0.286. The van der Waals surface area contributed by atoms with Crippen molar-refractivity contribution in [2.24, 2.45) is 0 Å².